The number of aromatic nitrogens is 4. The lowest BCUT2D eigenvalue weighted by molar-refractivity contribution is 0.0951. The number of hydrogen-bond donors (Lipinski definition) is 1. The molecule has 2 rings (SSSR count). The van der Waals surface area contributed by atoms with Gasteiger partial charge in [-0.3, -0.25) is 9.48 Å². The van der Waals surface area contributed by atoms with Crippen LogP contribution < -0.4 is 5.32 Å². The van der Waals surface area contributed by atoms with Gasteiger partial charge in [0.1, 0.15) is 11.8 Å². The van der Waals surface area contributed by atoms with Crippen LogP contribution in [0.1, 0.15) is 16.1 Å². The van der Waals surface area contributed by atoms with Crippen LogP contribution in [0.15, 0.2) is 30.7 Å². The zero-order valence-electron chi connectivity index (χ0n) is 9.45. The van der Waals surface area contributed by atoms with E-state index in [4.69, 9.17) is 5.26 Å². The molecule has 0 unspecified atom stereocenters. The summed E-state index contributed by atoms with van der Waals surface area (Å²) in [6.45, 7) is 0.998. The molecule has 2 aromatic rings. The van der Waals surface area contributed by atoms with Crippen molar-refractivity contribution in [3.8, 4) is 6.07 Å². The van der Waals surface area contributed by atoms with E-state index in [1.165, 1.54) is 12.3 Å². The lowest BCUT2D eigenvalue weighted by Gasteiger charge is -2.04. The molecule has 1 N–H and O–H groups in total. The molecule has 0 spiro atoms. The summed E-state index contributed by atoms with van der Waals surface area (Å²) in [4.78, 5) is 15.5. The van der Waals surface area contributed by atoms with Crippen LogP contribution in [0, 0.1) is 11.3 Å². The Labute approximate surface area is 103 Å². The van der Waals surface area contributed by atoms with E-state index in [0.29, 0.717) is 18.7 Å². The van der Waals surface area contributed by atoms with E-state index in [0.717, 1.165) is 0 Å². The van der Waals surface area contributed by atoms with Crippen LogP contribution >= 0.6 is 0 Å². The summed E-state index contributed by atoms with van der Waals surface area (Å²) in [7, 11) is 0. The van der Waals surface area contributed by atoms with Crippen molar-refractivity contribution < 1.29 is 4.79 Å². The predicted molar refractivity (Wildman–Crippen MR) is 61.3 cm³/mol. The molecule has 0 bridgehead atoms. The molecule has 0 radical (unpaired) electrons. The maximum Gasteiger partial charge on any atom is 0.252 e. The van der Waals surface area contributed by atoms with Crippen LogP contribution in [0.5, 0.6) is 0 Å². The molecule has 7 heteroatoms. The standard InChI is InChI=1S/C11H10N6O/c12-7-10-2-1-9(8-14-10)11(18)13-3-5-17-6-4-15-16-17/h1-2,4,6,8H,3,5H2,(H,13,18). The largest absolute Gasteiger partial charge is 0.350 e. The first-order valence-electron chi connectivity index (χ1n) is 5.28. The maximum absolute atomic E-state index is 11.7. The maximum atomic E-state index is 11.7. The summed E-state index contributed by atoms with van der Waals surface area (Å²) in [6.07, 6.45) is 4.67. The number of carbonyl (C=O) groups is 1. The van der Waals surface area contributed by atoms with Crippen molar-refractivity contribution in [3.63, 3.8) is 0 Å². The number of pyridine rings is 1. The third kappa shape index (κ3) is 2.89. The smallest absolute Gasteiger partial charge is 0.252 e. The topological polar surface area (TPSA) is 96.5 Å². The van der Waals surface area contributed by atoms with E-state index in [2.05, 4.69) is 20.6 Å². The second kappa shape index (κ2) is 5.54. The van der Waals surface area contributed by atoms with Crippen LogP contribution in [0.25, 0.3) is 0 Å². The summed E-state index contributed by atoms with van der Waals surface area (Å²) in [5.41, 5.74) is 0.710. The van der Waals surface area contributed by atoms with Crippen LogP contribution in [0.2, 0.25) is 0 Å². The van der Waals surface area contributed by atoms with E-state index in [1.807, 2.05) is 6.07 Å². The zero-order chi connectivity index (χ0) is 12.8. The van der Waals surface area contributed by atoms with Gasteiger partial charge >= 0.3 is 0 Å². The van der Waals surface area contributed by atoms with Gasteiger partial charge < -0.3 is 5.32 Å². The molecule has 0 fully saturated rings. The first-order valence-corrected chi connectivity index (χ1v) is 5.28. The van der Waals surface area contributed by atoms with Gasteiger partial charge in [-0.25, -0.2) is 4.98 Å². The highest BCUT2D eigenvalue weighted by Gasteiger charge is 2.05. The number of nitriles is 1. The molecule has 2 heterocycles. The molecule has 0 aliphatic heterocycles. The third-order valence-corrected chi connectivity index (χ3v) is 2.24. The molecule has 90 valence electrons. The summed E-state index contributed by atoms with van der Waals surface area (Å²) in [6, 6.07) is 4.97. The van der Waals surface area contributed by atoms with Crippen LogP contribution in [-0.2, 0) is 6.54 Å². The number of amides is 1. The first-order chi connectivity index (χ1) is 8.79. The zero-order valence-corrected chi connectivity index (χ0v) is 9.45. The molecule has 2 aromatic heterocycles. The monoisotopic (exact) mass is 242 g/mol. The summed E-state index contributed by atoms with van der Waals surface area (Å²) in [5, 5.41) is 18.7. The van der Waals surface area contributed by atoms with Crippen LogP contribution in [0.4, 0.5) is 0 Å². The Morgan fingerprint density at radius 2 is 2.39 bits per heavy atom. The predicted octanol–water partition coefficient (Wildman–Crippen LogP) is -0.0252. The van der Waals surface area contributed by atoms with E-state index in [9.17, 15) is 4.79 Å². The average Bonchev–Trinajstić information content (AvgIpc) is 2.92. The van der Waals surface area contributed by atoms with Crippen molar-refractivity contribution in [1.29, 1.82) is 5.26 Å². The first kappa shape index (κ1) is 11.7. The molecule has 1 amide bonds. The Morgan fingerprint density at radius 1 is 1.50 bits per heavy atom. The van der Waals surface area contributed by atoms with Crippen LogP contribution in [0.3, 0.4) is 0 Å². The normalized spacial score (nSPS) is 9.72. The third-order valence-electron chi connectivity index (χ3n) is 2.24. The lowest BCUT2D eigenvalue weighted by Crippen LogP contribution is -2.27. The van der Waals surface area contributed by atoms with Gasteiger partial charge in [0, 0.05) is 18.9 Å². The van der Waals surface area contributed by atoms with E-state index in [-0.39, 0.29) is 11.6 Å². The molecule has 0 saturated heterocycles. The van der Waals surface area contributed by atoms with Gasteiger partial charge in [0.15, 0.2) is 0 Å². The fourth-order valence-corrected chi connectivity index (χ4v) is 1.33. The number of nitrogens with zero attached hydrogens (tertiary/aromatic N) is 5. The van der Waals surface area contributed by atoms with Crippen molar-refractivity contribution in [2.75, 3.05) is 6.54 Å². The summed E-state index contributed by atoms with van der Waals surface area (Å²) in [5.74, 6) is -0.230. The quantitative estimate of drug-likeness (QED) is 0.812. The van der Waals surface area contributed by atoms with E-state index in [1.54, 1.807) is 23.1 Å². The fraction of sp³-hybridized carbons (Fsp3) is 0.182. The second-order valence-electron chi connectivity index (χ2n) is 3.47. The molecule has 18 heavy (non-hydrogen) atoms. The lowest BCUT2D eigenvalue weighted by atomic mass is 10.2. The van der Waals surface area contributed by atoms with E-state index >= 15 is 0 Å². The molecule has 0 atom stereocenters. The van der Waals surface area contributed by atoms with Gasteiger partial charge in [-0.1, -0.05) is 5.21 Å². The molecule has 7 nitrogen and oxygen atoms in total. The summed E-state index contributed by atoms with van der Waals surface area (Å²) >= 11 is 0. The van der Waals surface area contributed by atoms with Crippen LogP contribution in [-0.4, -0.2) is 32.4 Å². The summed E-state index contributed by atoms with van der Waals surface area (Å²) < 4.78 is 1.62. The van der Waals surface area contributed by atoms with Crippen molar-refractivity contribution in [3.05, 3.63) is 42.0 Å². The highest BCUT2D eigenvalue weighted by atomic mass is 16.1. The molecular formula is C11H10N6O. The van der Waals surface area contributed by atoms with Gasteiger partial charge in [-0.15, -0.1) is 5.10 Å². The van der Waals surface area contributed by atoms with Crippen molar-refractivity contribution >= 4 is 5.91 Å². The van der Waals surface area contributed by atoms with Gasteiger partial charge in [-0.05, 0) is 12.1 Å². The SMILES string of the molecule is N#Cc1ccc(C(=O)NCCn2ccnn2)cn1. The minimum atomic E-state index is -0.230. The number of carbonyl (C=O) groups excluding carboxylic acids is 1. The molecule has 0 aliphatic carbocycles. The van der Waals surface area contributed by atoms with Crippen molar-refractivity contribution in [2.24, 2.45) is 0 Å². The second-order valence-corrected chi connectivity index (χ2v) is 3.47. The Balaban J connectivity index is 1.86. The highest BCUT2D eigenvalue weighted by molar-refractivity contribution is 5.93. The minimum Gasteiger partial charge on any atom is -0.350 e. The van der Waals surface area contributed by atoms with Crippen molar-refractivity contribution in [1.82, 2.24) is 25.3 Å². The highest BCUT2D eigenvalue weighted by Crippen LogP contribution is 1.98. The Hall–Kier alpha value is -2.75. The molecule has 0 aromatic carbocycles. The average molecular weight is 242 g/mol. The van der Waals surface area contributed by atoms with Gasteiger partial charge in [0.25, 0.3) is 5.91 Å². The Kier molecular flexibility index (Phi) is 3.61. The van der Waals surface area contributed by atoms with E-state index < -0.39 is 0 Å². The molecule has 0 aliphatic rings. The van der Waals surface area contributed by atoms with Crippen molar-refractivity contribution in [2.45, 2.75) is 6.54 Å². The van der Waals surface area contributed by atoms with Gasteiger partial charge in [0.05, 0.1) is 18.3 Å². The minimum absolute atomic E-state index is 0.230. The fourth-order valence-electron chi connectivity index (χ4n) is 1.33. The van der Waals surface area contributed by atoms with Gasteiger partial charge in [-0.2, -0.15) is 5.26 Å². The molecule has 0 saturated carbocycles. The van der Waals surface area contributed by atoms with Gasteiger partial charge in [0.2, 0.25) is 0 Å². The Bertz CT molecular complexity index is 554. The number of rotatable bonds is 4. The number of nitrogens with one attached hydrogen (secondary N) is 1. The Morgan fingerprint density at radius 3 is 3.00 bits per heavy atom. The molecular weight excluding hydrogens is 232 g/mol. The number of hydrogen-bond acceptors (Lipinski definition) is 5.